The Morgan fingerprint density at radius 3 is 2.61 bits per heavy atom. The van der Waals surface area contributed by atoms with Crippen molar-refractivity contribution in [3.05, 3.63) is 42.1 Å². The Labute approximate surface area is 107 Å². The number of anilines is 1. The van der Waals surface area contributed by atoms with Gasteiger partial charge in [-0.25, -0.2) is 9.97 Å². The van der Waals surface area contributed by atoms with Crippen LogP contribution in [0.15, 0.2) is 36.5 Å². The molecule has 94 valence electrons. The molecule has 0 spiro atoms. The third-order valence-electron chi connectivity index (χ3n) is 2.66. The van der Waals surface area contributed by atoms with Crippen molar-refractivity contribution in [3.8, 4) is 11.4 Å². The third kappa shape index (κ3) is 3.05. The molecule has 2 rings (SSSR count). The fourth-order valence-electron chi connectivity index (χ4n) is 1.76. The zero-order valence-corrected chi connectivity index (χ0v) is 10.6. The van der Waals surface area contributed by atoms with E-state index in [1.165, 1.54) is 5.56 Å². The Morgan fingerprint density at radius 2 is 1.94 bits per heavy atom. The van der Waals surface area contributed by atoms with Gasteiger partial charge in [0.2, 0.25) is 0 Å². The molecular formula is C14H18N4. The summed E-state index contributed by atoms with van der Waals surface area (Å²) < 4.78 is 0. The Kier molecular flexibility index (Phi) is 4.25. The van der Waals surface area contributed by atoms with E-state index in [4.69, 9.17) is 5.73 Å². The van der Waals surface area contributed by atoms with E-state index in [0.29, 0.717) is 6.54 Å². The van der Waals surface area contributed by atoms with Crippen LogP contribution in [0.1, 0.15) is 12.5 Å². The SMILES string of the molecule is CCNc1ccnc(-c2ccc(CCN)cc2)n1. The van der Waals surface area contributed by atoms with E-state index in [0.717, 1.165) is 30.2 Å². The molecule has 3 N–H and O–H groups in total. The van der Waals surface area contributed by atoms with Crippen molar-refractivity contribution in [1.82, 2.24) is 9.97 Å². The van der Waals surface area contributed by atoms with Gasteiger partial charge in [0.25, 0.3) is 0 Å². The number of rotatable bonds is 5. The molecule has 1 aromatic carbocycles. The molecule has 0 amide bonds. The normalized spacial score (nSPS) is 10.3. The minimum atomic E-state index is 0.672. The molecule has 0 aliphatic rings. The van der Waals surface area contributed by atoms with Gasteiger partial charge >= 0.3 is 0 Å². The number of aromatic nitrogens is 2. The summed E-state index contributed by atoms with van der Waals surface area (Å²) in [6.07, 6.45) is 2.67. The van der Waals surface area contributed by atoms with Crippen molar-refractivity contribution in [2.45, 2.75) is 13.3 Å². The number of nitrogens with two attached hydrogens (primary N) is 1. The molecule has 4 heteroatoms. The minimum Gasteiger partial charge on any atom is -0.370 e. The van der Waals surface area contributed by atoms with E-state index in [-0.39, 0.29) is 0 Å². The molecule has 0 aliphatic heterocycles. The van der Waals surface area contributed by atoms with Crippen molar-refractivity contribution in [2.75, 3.05) is 18.4 Å². The monoisotopic (exact) mass is 242 g/mol. The zero-order valence-electron chi connectivity index (χ0n) is 10.6. The first-order chi connectivity index (χ1) is 8.83. The highest BCUT2D eigenvalue weighted by atomic mass is 15.0. The van der Waals surface area contributed by atoms with Gasteiger partial charge in [-0.3, -0.25) is 0 Å². The summed E-state index contributed by atoms with van der Waals surface area (Å²) in [7, 11) is 0. The van der Waals surface area contributed by atoms with Gasteiger partial charge in [0.05, 0.1) is 0 Å². The van der Waals surface area contributed by atoms with Gasteiger partial charge in [-0.05, 0) is 31.5 Å². The number of benzene rings is 1. The van der Waals surface area contributed by atoms with E-state index in [1.54, 1.807) is 6.20 Å². The largest absolute Gasteiger partial charge is 0.370 e. The maximum atomic E-state index is 5.53. The quantitative estimate of drug-likeness (QED) is 0.842. The van der Waals surface area contributed by atoms with Crippen molar-refractivity contribution in [2.24, 2.45) is 5.73 Å². The van der Waals surface area contributed by atoms with Crippen molar-refractivity contribution in [3.63, 3.8) is 0 Å². The van der Waals surface area contributed by atoms with Crippen molar-refractivity contribution >= 4 is 5.82 Å². The van der Waals surface area contributed by atoms with E-state index < -0.39 is 0 Å². The van der Waals surface area contributed by atoms with Crippen LogP contribution in [0.25, 0.3) is 11.4 Å². The minimum absolute atomic E-state index is 0.672. The first kappa shape index (κ1) is 12.5. The summed E-state index contributed by atoms with van der Waals surface area (Å²) in [4.78, 5) is 8.75. The van der Waals surface area contributed by atoms with Crippen LogP contribution in [-0.4, -0.2) is 23.1 Å². The van der Waals surface area contributed by atoms with Crippen molar-refractivity contribution in [1.29, 1.82) is 0 Å². The van der Waals surface area contributed by atoms with Crippen LogP contribution in [0.3, 0.4) is 0 Å². The summed E-state index contributed by atoms with van der Waals surface area (Å²) in [5.41, 5.74) is 7.79. The average molecular weight is 242 g/mol. The maximum Gasteiger partial charge on any atom is 0.161 e. The fourth-order valence-corrected chi connectivity index (χ4v) is 1.76. The smallest absolute Gasteiger partial charge is 0.161 e. The van der Waals surface area contributed by atoms with Crippen LogP contribution < -0.4 is 11.1 Å². The van der Waals surface area contributed by atoms with Crippen LogP contribution in [0.4, 0.5) is 5.82 Å². The summed E-state index contributed by atoms with van der Waals surface area (Å²) >= 11 is 0. The maximum absolute atomic E-state index is 5.53. The molecule has 0 fully saturated rings. The Balaban J connectivity index is 2.22. The lowest BCUT2D eigenvalue weighted by Gasteiger charge is -2.05. The molecule has 0 saturated heterocycles. The van der Waals surface area contributed by atoms with Crippen molar-refractivity contribution < 1.29 is 0 Å². The molecule has 2 aromatic rings. The van der Waals surface area contributed by atoms with Crippen LogP contribution in [0.2, 0.25) is 0 Å². The zero-order chi connectivity index (χ0) is 12.8. The molecule has 1 heterocycles. The van der Waals surface area contributed by atoms with Gasteiger partial charge in [-0.2, -0.15) is 0 Å². The molecule has 0 aliphatic carbocycles. The van der Waals surface area contributed by atoms with Gasteiger partial charge in [-0.15, -0.1) is 0 Å². The summed E-state index contributed by atoms with van der Waals surface area (Å²) in [5.74, 6) is 1.60. The number of hydrogen-bond acceptors (Lipinski definition) is 4. The highest BCUT2D eigenvalue weighted by Gasteiger charge is 2.02. The number of nitrogens with one attached hydrogen (secondary N) is 1. The molecule has 1 aromatic heterocycles. The second-order valence-electron chi connectivity index (χ2n) is 4.03. The standard InChI is InChI=1S/C14H18N4/c1-2-16-13-8-10-17-14(18-13)12-5-3-11(4-6-12)7-9-15/h3-6,8,10H,2,7,9,15H2,1H3,(H,16,17,18). The number of hydrogen-bond donors (Lipinski definition) is 2. The Bertz CT molecular complexity index is 493. The summed E-state index contributed by atoms with van der Waals surface area (Å²) in [6.45, 7) is 3.57. The molecule has 0 bridgehead atoms. The van der Waals surface area contributed by atoms with Gasteiger partial charge in [-0.1, -0.05) is 24.3 Å². The average Bonchev–Trinajstić information content (AvgIpc) is 2.41. The first-order valence-corrected chi connectivity index (χ1v) is 6.19. The predicted molar refractivity (Wildman–Crippen MR) is 74.4 cm³/mol. The van der Waals surface area contributed by atoms with Gasteiger partial charge in [0, 0.05) is 18.3 Å². The van der Waals surface area contributed by atoms with Gasteiger partial charge in [0.15, 0.2) is 5.82 Å². The van der Waals surface area contributed by atoms with Gasteiger partial charge < -0.3 is 11.1 Å². The lowest BCUT2D eigenvalue weighted by atomic mass is 10.1. The topological polar surface area (TPSA) is 63.8 Å². The lowest BCUT2D eigenvalue weighted by Crippen LogP contribution is -2.02. The van der Waals surface area contributed by atoms with Crippen LogP contribution in [0.5, 0.6) is 0 Å². The summed E-state index contributed by atoms with van der Waals surface area (Å²) in [6, 6.07) is 10.1. The van der Waals surface area contributed by atoms with E-state index in [1.807, 2.05) is 25.1 Å². The summed E-state index contributed by atoms with van der Waals surface area (Å²) in [5, 5.41) is 3.18. The molecule has 0 atom stereocenters. The van der Waals surface area contributed by atoms with Crippen LogP contribution in [0, 0.1) is 0 Å². The predicted octanol–water partition coefficient (Wildman–Crippen LogP) is 2.08. The molecule has 0 unspecified atom stereocenters. The Hall–Kier alpha value is -1.94. The second kappa shape index (κ2) is 6.12. The highest BCUT2D eigenvalue weighted by Crippen LogP contribution is 2.17. The van der Waals surface area contributed by atoms with E-state index in [9.17, 15) is 0 Å². The molecule has 18 heavy (non-hydrogen) atoms. The third-order valence-corrected chi connectivity index (χ3v) is 2.66. The van der Waals surface area contributed by atoms with Crippen LogP contribution in [-0.2, 0) is 6.42 Å². The van der Waals surface area contributed by atoms with Crippen LogP contribution >= 0.6 is 0 Å². The van der Waals surface area contributed by atoms with E-state index >= 15 is 0 Å². The molecular weight excluding hydrogens is 224 g/mol. The first-order valence-electron chi connectivity index (χ1n) is 6.19. The van der Waals surface area contributed by atoms with Gasteiger partial charge in [0.1, 0.15) is 5.82 Å². The fraction of sp³-hybridized carbons (Fsp3) is 0.286. The number of nitrogens with zero attached hydrogens (tertiary/aromatic N) is 2. The molecule has 0 saturated carbocycles. The lowest BCUT2D eigenvalue weighted by molar-refractivity contribution is 0.969. The highest BCUT2D eigenvalue weighted by molar-refractivity contribution is 5.57. The molecule has 4 nitrogen and oxygen atoms in total. The Morgan fingerprint density at radius 1 is 1.17 bits per heavy atom. The molecule has 0 radical (unpaired) electrons. The second-order valence-corrected chi connectivity index (χ2v) is 4.03. The van der Waals surface area contributed by atoms with E-state index in [2.05, 4.69) is 27.4 Å².